The number of amides is 1. The van der Waals surface area contributed by atoms with Crippen LogP contribution >= 0.6 is 11.6 Å². The van der Waals surface area contributed by atoms with E-state index < -0.39 is 31.1 Å². The molecule has 0 saturated carbocycles. The quantitative estimate of drug-likeness (QED) is 0.264. The van der Waals surface area contributed by atoms with Crippen LogP contribution in [0.5, 0.6) is 11.5 Å². The zero-order valence-corrected chi connectivity index (χ0v) is 26.4. The normalized spacial score (nSPS) is 15.3. The lowest BCUT2D eigenvalue weighted by molar-refractivity contribution is 0.102. The first-order chi connectivity index (χ1) is 20.4. The second-order valence-electron chi connectivity index (χ2n) is 10.2. The summed E-state index contributed by atoms with van der Waals surface area (Å²) < 4.78 is 66.2. The van der Waals surface area contributed by atoms with Gasteiger partial charge in [0.2, 0.25) is 0 Å². The molecule has 1 amide bonds. The van der Waals surface area contributed by atoms with Gasteiger partial charge in [-0.25, -0.2) is 16.8 Å². The summed E-state index contributed by atoms with van der Waals surface area (Å²) in [7, 11) is -5.10. The molecule has 1 atom stereocenters. The number of halogens is 1. The van der Waals surface area contributed by atoms with Crippen LogP contribution in [0.25, 0.3) is 0 Å². The summed E-state index contributed by atoms with van der Waals surface area (Å²) in [6.07, 6.45) is 3.28. The number of methoxy groups -OCH3 is 2. The van der Waals surface area contributed by atoms with Crippen molar-refractivity contribution in [3.63, 3.8) is 0 Å². The van der Waals surface area contributed by atoms with Crippen LogP contribution in [-0.2, 0) is 19.9 Å². The van der Waals surface area contributed by atoms with Crippen LogP contribution in [0, 0.1) is 5.92 Å². The molecule has 0 spiro atoms. The third kappa shape index (κ3) is 7.32. The number of nitrogens with one attached hydrogen (secondary N) is 2. The number of carbonyl (C=O) groups is 1. The van der Waals surface area contributed by atoms with E-state index in [0.717, 1.165) is 12.8 Å². The molecule has 43 heavy (non-hydrogen) atoms. The van der Waals surface area contributed by atoms with Gasteiger partial charge in [0.25, 0.3) is 15.9 Å². The minimum atomic E-state index is -4.11. The van der Waals surface area contributed by atoms with Crippen LogP contribution in [0.2, 0.25) is 5.02 Å². The van der Waals surface area contributed by atoms with Crippen molar-refractivity contribution in [3.05, 3.63) is 83.9 Å². The Morgan fingerprint density at radius 3 is 2.07 bits per heavy atom. The van der Waals surface area contributed by atoms with E-state index in [9.17, 15) is 21.6 Å². The fraction of sp³-hybridized carbons (Fsp3) is 0.300. The molecule has 0 aliphatic carbocycles. The second-order valence-corrected chi connectivity index (χ2v) is 14.3. The number of hydrogen-bond acceptors (Lipinski definition) is 8. The molecule has 3 aromatic carbocycles. The fourth-order valence-corrected chi connectivity index (χ4v) is 7.64. The fourth-order valence-electron chi connectivity index (χ4n) is 4.79. The average Bonchev–Trinajstić information content (AvgIpc) is 2.98. The van der Waals surface area contributed by atoms with E-state index >= 15 is 0 Å². The summed E-state index contributed by atoms with van der Waals surface area (Å²) in [4.78, 5) is 15.4. The zero-order chi connectivity index (χ0) is 31.4. The van der Waals surface area contributed by atoms with E-state index in [1.165, 1.54) is 81.0 Å². The molecule has 230 valence electrons. The summed E-state index contributed by atoms with van der Waals surface area (Å²) in [5, 5.41) is 2.21. The van der Waals surface area contributed by atoms with Gasteiger partial charge in [0.15, 0.2) is 21.3 Å². The van der Waals surface area contributed by atoms with Crippen molar-refractivity contribution < 1.29 is 31.1 Å². The Kier molecular flexibility index (Phi) is 10.1. The van der Waals surface area contributed by atoms with Gasteiger partial charge < -0.3 is 14.8 Å². The number of anilines is 2. The second kappa shape index (κ2) is 13.4. The van der Waals surface area contributed by atoms with Crippen LogP contribution in [0.1, 0.15) is 30.1 Å². The smallest absolute Gasteiger partial charge is 0.261 e. The van der Waals surface area contributed by atoms with Gasteiger partial charge in [0.05, 0.1) is 35.3 Å². The number of carbonyl (C=O) groups excluding carboxylic acids is 1. The number of benzene rings is 3. The highest BCUT2D eigenvalue weighted by Gasteiger charge is 2.32. The highest BCUT2D eigenvalue weighted by Crippen LogP contribution is 2.35. The number of sulfone groups is 1. The number of piperidine rings is 1. The number of nitrogens with zero attached hydrogens (tertiary/aromatic N) is 1. The third-order valence-electron chi connectivity index (χ3n) is 7.27. The Balaban J connectivity index is 1.60. The van der Waals surface area contributed by atoms with Crippen molar-refractivity contribution in [1.82, 2.24) is 4.90 Å². The van der Waals surface area contributed by atoms with Gasteiger partial charge in [-0.05, 0) is 86.4 Å². The number of hydrogen-bond donors (Lipinski definition) is 2. The molecular weight excluding hydrogens is 614 g/mol. The molecule has 1 fully saturated rings. The number of ether oxygens (including phenoxy) is 2. The van der Waals surface area contributed by atoms with Gasteiger partial charge in [-0.1, -0.05) is 24.6 Å². The van der Waals surface area contributed by atoms with Crippen molar-refractivity contribution in [2.45, 2.75) is 34.9 Å². The number of likely N-dealkylation sites (tertiary alicyclic amines) is 1. The summed E-state index contributed by atoms with van der Waals surface area (Å²) in [6.45, 7) is 7.26. The monoisotopic (exact) mass is 647 g/mol. The van der Waals surface area contributed by atoms with Crippen molar-refractivity contribution in [3.8, 4) is 11.5 Å². The van der Waals surface area contributed by atoms with E-state index in [4.69, 9.17) is 21.1 Å². The Hall–Kier alpha value is -3.58. The number of rotatable bonds is 11. The maximum absolute atomic E-state index is 13.4. The van der Waals surface area contributed by atoms with E-state index in [0.29, 0.717) is 29.7 Å². The molecule has 0 aromatic heterocycles. The van der Waals surface area contributed by atoms with Gasteiger partial charge in [0.1, 0.15) is 5.37 Å². The van der Waals surface area contributed by atoms with Crippen LogP contribution in [0.4, 0.5) is 11.4 Å². The van der Waals surface area contributed by atoms with Crippen molar-refractivity contribution >= 4 is 48.7 Å². The van der Waals surface area contributed by atoms with Gasteiger partial charge in [0, 0.05) is 16.8 Å². The Morgan fingerprint density at radius 1 is 0.953 bits per heavy atom. The standard InChI is InChI=1S/C30H34ClN3O7S2/c1-5-29(34-16-14-20(2)15-17-34)42(36,37)23-12-8-22(9-13-23)32-30(35)25-18-27(40-3)28(41-4)19-26(25)33-43(38,39)24-10-6-21(31)7-11-24/h5-13,18-20,29,33H,1,14-17H2,2-4H3,(H,32,35). The van der Waals surface area contributed by atoms with Crippen LogP contribution in [0.3, 0.4) is 0 Å². The van der Waals surface area contributed by atoms with Crippen LogP contribution in [0.15, 0.2) is 83.1 Å². The van der Waals surface area contributed by atoms with Gasteiger partial charge in [-0.3, -0.25) is 14.4 Å². The molecule has 1 saturated heterocycles. The van der Waals surface area contributed by atoms with E-state index in [1.54, 1.807) is 0 Å². The summed E-state index contributed by atoms with van der Waals surface area (Å²) in [5.74, 6) is 0.275. The highest BCUT2D eigenvalue weighted by atomic mass is 35.5. The molecule has 13 heteroatoms. The minimum Gasteiger partial charge on any atom is -0.493 e. The first-order valence-electron chi connectivity index (χ1n) is 13.5. The summed E-state index contributed by atoms with van der Waals surface area (Å²) in [6, 6.07) is 14.0. The third-order valence-corrected chi connectivity index (χ3v) is 11.0. The Labute approximate surface area is 257 Å². The predicted octanol–water partition coefficient (Wildman–Crippen LogP) is 5.43. The van der Waals surface area contributed by atoms with E-state index in [1.807, 2.05) is 4.90 Å². The molecule has 1 aliphatic heterocycles. The minimum absolute atomic E-state index is 0.0575. The van der Waals surface area contributed by atoms with E-state index in [-0.39, 0.29) is 32.5 Å². The first-order valence-corrected chi connectivity index (χ1v) is 16.9. The number of sulfonamides is 1. The lowest BCUT2D eigenvalue weighted by atomic mass is 9.99. The van der Waals surface area contributed by atoms with Crippen LogP contribution < -0.4 is 19.5 Å². The molecule has 1 aliphatic rings. The van der Waals surface area contributed by atoms with Crippen LogP contribution in [-0.4, -0.2) is 60.3 Å². The maximum Gasteiger partial charge on any atom is 0.261 e. The largest absolute Gasteiger partial charge is 0.493 e. The maximum atomic E-state index is 13.4. The lowest BCUT2D eigenvalue weighted by Gasteiger charge is -2.34. The molecule has 10 nitrogen and oxygen atoms in total. The van der Waals surface area contributed by atoms with Gasteiger partial charge >= 0.3 is 0 Å². The van der Waals surface area contributed by atoms with Crippen molar-refractivity contribution in [2.24, 2.45) is 5.92 Å². The Morgan fingerprint density at radius 2 is 1.51 bits per heavy atom. The molecule has 1 unspecified atom stereocenters. The predicted molar refractivity (Wildman–Crippen MR) is 167 cm³/mol. The topological polar surface area (TPSA) is 131 Å². The molecule has 1 heterocycles. The lowest BCUT2D eigenvalue weighted by Crippen LogP contribution is -2.44. The summed E-state index contributed by atoms with van der Waals surface area (Å²) in [5.41, 5.74) is 0.180. The Bertz CT molecular complexity index is 1690. The highest BCUT2D eigenvalue weighted by molar-refractivity contribution is 7.92. The van der Waals surface area contributed by atoms with Crippen molar-refractivity contribution in [2.75, 3.05) is 37.3 Å². The summed E-state index contributed by atoms with van der Waals surface area (Å²) >= 11 is 5.90. The molecule has 0 bridgehead atoms. The molecular formula is C30H34ClN3O7S2. The average molecular weight is 648 g/mol. The van der Waals surface area contributed by atoms with E-state index in [2.05, 4.69) is 23.5 Å². The SMILES string of the molecule is C=CC(N1CCC(C)CC1)S(=O)(=O)c1ccc(NC(=O)c2cc(OC)c(OC)cc2NS(=O)(=O)c2ccc(Cl)cc2)cc1. The molecule has 3 aromatic rings. The molecule has 2 N–H and O–H groups in total. The van der Waals surface area contributed by atoms with Gasteiger partial charge in [-0.2, -0.15) is 0 Å². The van der Waals surface area contributed by atoms with Gasteiger partial charge in [-0.15, -0.1) is 6.58 Å². The molecule has 4 rings (SSSR count). The molecule has 0 radical (unpaired) electrons. The first kappa shape index (κ1) is 32.3. The zero-order valence-electron chi connectivity index (χ0n) is 24.0. The van der Waals surface area contributed by atoms with Crippen molar-refractivity contribution in [1.29, 1.82) is 0 Å².